The Kier molecular flexibility index (Phi) is 8.08. The number of aliphatic hydroxyl groups is 1. The summed E-state index contributed by atoms with van der Waals surface area (Å²) in [7, 11) is 1.23. The summed E-state index contributed by atoms with van der Waals surface area (Å²) in [5.41, 5.74) is -4.27. The Labute approximate surface area is 252 Å². The van der Waals surface area contributed by atoms with Crippen LogP contribution in [0.3, 0.4) is 0 Å². The molecule has 2 fully saturated rings. The molecule has 0 radical (unpaired) electrons. The molecule has 2 aromatic heterocycles. The first-order valence-electron chi connectivity index (χ1n) is 13.7. The van der Waals surface area contributed by atoms with Gasteiger partial charge in [0.05, 0.1) is 44.0 Å². The van der Waals surface area contributed by atoms with E-state index in [1.54, 1.807) is 6.92 Å². The van der Waals surface area contributed by atoms with Gasteiger partial charge in [-0.25, -0.2) is 24.1 Å². The van der Waals surface area contributed by atoms with Crippen LogP contribution in [-0.2, 0) is 23.1 Å². The summed E-state index contributed by atoms with van der Waals surface area (Å²) >= 11 is 0. The lowest BCUT2D eigenvalue weighted by Crippen LogP contribution is -2.49. The van der Waals surface area contributed by atoms with Crippen molar-refractivity contribution in [2.75, 3.05) is 25.1 Å². The zero-order valence-corrected chi connectivity index (χ0v) is 24.4. The molecule has 3 aromatic rings. The second kappa shape index (κ2) is 11.3. The number of cyclic esters (lactones) is 1. The number of carbonyl (C=O) groups is 1. The van der Waals surface area contributed by atoms with E-state index in [0.717, 1.165) is 24.4 Å². The first-order valence-corrected chi connectivity index (χ1v) is 13.7. The Morgan fingerprint density at radius 2 is 1.71 bits per heavy atom. The highest BCUT2D eigenvalue weighted by Crippen LogP contribution is 2.43. The number of methoxy groups -OCH3 is 1. The van der Waals surface area contributed by atoms with Gasteiger partial charge in [-0.2, -0.15) is 26.3 Å². The molecule has 2 aliphatic rings. The van der Waals surface area contributed by atoms with Gasteiger partial charge in [-0.1, -0.05) is 11.6 Å². The number of carbonyl (C=O) groups excluding carboxylic acids is 1. The summed E-state index contributed by atoms with van der Waals surface area (Å²) < 4.78 is 106. The number of alkyl halides is 7. The summed E-state index contributed by atoms with van der Waals surface area (Å²) in [6.07, 6.45) is -10.7. The molecule has 2 aliphatic heterocycles. The van der Waals surface area contributed by atoms with Crippen molar-refractivity contribution in [2.24, 2.45) is 0 Å². The predicted molar refractivity (Wildman–Crippen MR) is 145 cm³/mol. The fourth-order valence-electron chi connectivity index (χ4n) is 5.19. The number of amides is 1. The SMILES string of the molecule is COc1ncc(C(C)(O)C(F)(F)F)cc1-c1cnc(N2CC(F)C2)nc1CN1C(=O)O[C@H](c2cc(C)cc(C(F)(F)F)c2)[C@@H]1C. The first kappa shape index (κ1) is 32.2. The number of ether oxygens (including phenoxy) is 2. The van der Waals surface area contributed by atoms with Crippen LogP contribution in [0.5, 0.6) is 5.88 Å². The van der Waals surface area contributed by atoms with Crippen molar-refractivity contribution in [1.82, 2.24) is 19.9 Å². The maximum atomic E-state index is 13.7. The zero-order chi connectivity index (χ0) is 33.1. The molecule has 242 valence electrons. The van der Waals surface area contributed by atoms with Crippen molar-refractivity contribution in [1.29, 1.82) is 0 Å². The zero-order valence-electron chi connectivity index (χ0n) is 24.4. The van der Waals surface area contributed by atoms with Crippen LogP contribution in [0.4, 0.5) is 41.5 Å². The van der Waals surface area contributed by atoms with E-state index in [4.69, 9.17) is 9.47 Å². The standard InChI is InChI=1S/C29H28F7N5O4/c1-14-5-16(7-17(6-14)28(31,32)33)23-15(2)41(26(42)45-23)13-22-21(10-38-25(39-22)40-11-19(30)12-40)20-8-18(9-37-24(20)44-4)27(3,43)29(34,35)36/h5-10,15,19,23,43H,11-13H2,1-4H3/t15-,23-,27?/m0/s1. The maximum Gasteiger partial charge on any atom is 0.421 e. The van der Waals surface area contributed by atoms with E-state index in [0.29, 0.717) is 12.5 Å². The number of hydrogen-bond donors (Lipinski definition) is 1. The highest BCUT2D eigenvalue weighted by Gasteiger charge is 2.51. The van der Waals surface area contributed by atoms with E-state index in [1.165, 1.54) is 36.1 Å². The molecule has 0 aliphatic carbocycles. The Morgan fingerprint density at radius 3 is 2.31 bits per heavy atom. The average Bonchev–Trinajstić information content (AvgIpc) is 3.22. The van der Waals surface area contributed by atoms with E-state index in [1.807, 2.05) is 0 Å². The van der Waals surface area contributed by atoms with Crippen LogP contribution in [-0.4, -0.2) is 69.6 Å². The fraction of sp³-hybridized carbons (Fsp3) is 0.448. The number of hydrogen-bond acceptors (Lipinski definition) is 8. The van der Waals surface area contributed by atoms with Crippen molar-refractivity contribution in [3.8, 4) is 17.0 Å². The molecule has 1 aromatic carbocycles. The van der Waals surface area contributed by atoms with E-state index in [9.17, 15) is 40.6 Å². The van der Waals surface area contributed by atoms with Gasteiger partial charge in [-0.05, 0) is 44.5 Å². The van der Waals surface area contributed by atoms with Crippen LogP contribution in [0.1, 0.15) is 47.9 Å². The molecular formula is C29H28F7N5O4. The lowest BCUT2D eigenvalue weighted by molar-refractivity contribution is -0.259. The molecule has 0 bridgehead atoms. The van der Waals surface area contributed by atoms with Gasteiger partial charge in [0.15, 0.2) is 5.60 Å². The van der Waals surface area contributed by atoms with E-state index < -0.39 is 53.5 Å². The second-order valence-electron chi connectivity index (χ2n) is 11.2. The van der Waals surface area contributed by atoms with Crippen LogP contribution in [0.15, 0.2) is 36.7 Å². The number of benzene rings is 1. The molecule has 45 heavy (non-hydrogen) atoms. The molecule has 1 amide bonds. The summed E-state index contributed by atoms with van der Waals surface area (Å²) in [5.74, 6) is -0.0604. The number of nitrogens with zero attached hydrogens (tertiary/aromatic N) is 5. The number of pyridine rings is 1. The molecule has 9 nitrogen and oxygen atoms in total. The van der Waals surface area contributed by atoms with E-state index in [-0.39, 0.29) is 53.8 Å². The molecule has 16 heteroatoms. The van der Waals surface area contributed by atoms with Gasteiger partial charge in [0.1, 0.15) is 12.3 Å². The minimum absolute atomic E-state index is 0.00721. The van der Waals surface area contributed by atoms with Crippen molar-refractivity contribution in [2.45, 2.75) is 63.6 Å². The highest BCUT2D eigenvalue weighted by molar-refractivity contribution is 5.74. The van der Waals surface area contributed by atoms with Crippen molar-refractivity contribution < 1.29 is 50.1 Å². The minimum Gasteiger partial charge on any atom is -0.481 e. The number of anilines is 1. The molecule has 4 heterocycles. The number of aromatic nitrogens is 3. The van der Waals surface area contributed by atoms with Gasteiger partial charge in [0, 0.05) is 29.1 Å². The third-order valence-electron chi connectivity index (χ3n) is 7.89. The van der Waals surface area contributed by atoms with Gasteiger partial charge in [-0.3, -0.25) is 4.90 Å². The van der Waals surface area contributed by atoms with E-state index in [2.05, 4.69) is 15.0 Å². The van der Waals surface area contributed by atoms with Crippen LogP contribution in [0.2, 0.25) is 0 Å². The number of rotatable bonds is 7. The highest BCUT2D eigenvalue weighted by atomic mass is 19.4. The summed E-state index contributed by atoms with van der Waals surface area (Å²) in [4.78, 5) is 28.5. The Bertz CT molecular complexity index is 1610. The molecule has 5 rings (SSSR count). The summed E-state index contributed by atoms with van der Waals surface area (Å²) in [6, 6.07) is 3.56. The largest absolute Gasteiger partial charge is 0.481 e. The quantitative estimate of drug-likeness (QED) is 0.319. The van der Waals surface area contributed by atoms with Gasteiger partial charge < -0.3 is 19.5 Å². The molecule has 1 unspecified atom stereocenters. The van der Waals surface area contributed by atoms with E-state index >= 15 is 0 Å². The van der Waals surface area contributed by atoms with Crippen molar-refractivity contribution >= 4 is 12.0 Å². The van der Waals surface area contributed by atoms with Crippen LogP contribution in [0.25, 0.3) is 11.1 Å². The van der Waals surface area contributed by atoms with Gasteiger partial charge in [-0.15, -0.1) is 0 Å². The maximum absolute atomic E-state index is 13.7. The van der Waals surface area contributed by atoms with Gasteiger partial charge in [0.25, 0.3) is 0 Å². The fourth-order valence-corrected chi connectivity index (χ4v) is 5.19. The molecule has 2 saturated heterocycles. The molecule has 3 atom stereocenters. The predicted octanol–water partition coefficient (Wildman–Crippen LogP) is 5.88. The van der Waals surface area contributed by atoms with Crippen LogP contribution >= 0.6 is 0 Å². The van der Waals surface area contributed by atoms with Crippen molar-refractivity contribution in [3.05, 3.63) is 64.6 Å². The topological polar surface area (TPSA) is 101 Å². The van der Waals surface area contributed by atoms with Gasteiger partial charge in [0.2, 0.25) is 11.8 Å². The lowest BCUT2D eigenvalue weighted by atomic mass is 9.94. The molecule has 0 spiro atoms. The minimum atomic E-state index is -5.06. The third kappa shape index (κ3) is 6.07. The normalized spacial score (nSPS) is 20.6. The summed E-state index contributed by atoms with van der Waals surface area (Å²) in [6.45, 7) is 3.28. The lowest BCUT2D eigenvalue weighted by Gasteiger charge is -2.34. The monoisotopic (exact) mass is 643 g/mol. The Hall–Kier alpha value is -4.21. The third-order valence-corrected chi connectivity index (χ3v) is 7.89. The molecule has 1 N–H and O–H groups in total. The smallest absolute Gasteiger partial charge is 0.421 e. The molecular weight excluding hydrogens is 615 g/mol. The summed E-state index contributed by atoms with van der Waals surface area (Å²) in [5, 5.41) is 10.3. The number of aryl methyl sites for hydroxylation is 1. The van der Waals surface area contributed by atoms with Crippen molar-refractivity contribution in [3.63, 3.8) is 0 Å². The first-order chi connectivity index (χ1) is 20.9. The number of halogens is 7. The average molecular weight is 644 g/mol. The van der Waals surface area contributed by atoms with Crippen LogP contribution < -0.4 is 9.64 Å². The van der Waals surface area contributed by atoms with Gasteiger partial charge >= 0.3 is 18.4 Å². The van der Waals surface area contributed by atoms with Crippen LogP contribution in [0, 0.1) is 6.92 Å². The second-order valence-corrected chi connectivity index (χ2v) is 11.2. The Balaban J connectivity index is 1.56. The Morgan fingerprint density at radius 1 is 1.02 bits per heavy atom. The molecule has 0 saturated carbocycles.